The maximum absolute atomic E-state index is 12.8. The molecule has 0 aliphatic heterocycles. The van der Waals surface area contributed by atoms with E-state index in [1.54, 1.807) is 0 Å². The van der Waals surface area contributed by atoms with Crippen molar-refractivity contribution in [3.8, 4) is 0 Å². The predicted octanol–water partition coefficient (Wildman–Crippen LogP) is 5.32. The van der Waals surface area contributed by atoms with Crippen LogP contribution in [-0.4, -0.2) is 15.7 Å². The third-order valence-electron chi connectivity index (χ3n) is 4.79. The molecule has 2 aromatic carbocycles. The molecule has 3 aromatic rings. The molecule has 140 valence electrons. The van der Waals surface area contributed by atoms with E-state index in [1.807, 2.05) is 67.9 Å². The Hall–Kier alpha value is -2.59. The van der Waals surface area contributed by atoms with Crippen molar-refractivity contribution in [2.45, 2.75) is 40.7 Å². The molecule has 1 heterocycles. The van der Waals surface area contributed by atoms with Gasteiger partial charge < -0.3 is 5.32 Å². The lowest BCUT2D eigenvalue weighted by molar-refractivity contribution is 0.102. The summed E-state index contributed by atoms with van der Waals surface area (Å²) in [5.41, 5.74) is 6.48. The summed E-state index contributed by atoms with van der Waals surface area (Å²) in [5.74, 6) is -0.104. The number of nitrogens with zero attached hydrogens (tertiary/aromatic N) is 2. The van der Waals surface area contributed by atoms with Crippen molar-refractivity contribution in [2.75, 3.05) is 5.32 Å². The van der Waals surface area contributed by atoms with Gasteiger partial charge in [0.1, 0.15) is 0 Å². The van der Waals surface area contributed by atoms with Crippen LogP contribution in [-0.2, 0) is 13.0 Å². The molecule has 0 unspecified atom stereocenters. The normalized spacial score (nSPS) is 10.9. The van der Waals surface area contributed by atoms with Crippen LogP contribution in [0.3, 0.4) is 0 Å². The lowest BCUT2D eigenvalue weighted by Crippen LogP contribution is -2.15. The molecule has 0 fully saturated rings. The van der Waals surface area contributed by atoms with Gasteiger partial charge in [-0.2, -0.15) is 5.10 Å². The molecular formula is C22H24ClN3O. The Labute approximate surface area is 165 Å². The van der Waals surface area contributed by atoms with Gasteiger partial charge in [-0.3, -0.25) is 9.48 Å². The van der Waals surface area contributed by atoms with Crippen molar-refractivity contribution >= 4 is 23.2 Å². The van der Waals surface area contributed by atoms with Crippen LogP contribution >= 0.6 is 11.6 Å². The minimum absolute atomic E-state index is 0.104. The van der Waals surface area contributed by atoms with Crippen molar-refractivity contribution in [3.05, 3.63) is 81.1 Å². The molecule has 3 rings (SSSR count). The predicted molar refractivity (Wildman–Crippen MR) is 111 cm³/mol. The highest BCUT2D eigenvalue weighted by Crippen LogP contribution is 2.23. The molecule has 1 aromatic heterocycles. The van der Waals surface area contributed by atoms with Gasteiger partial charge in [0.15, 0.2) is 0 Å². The van der Waals surface area contributed by atoms with E-state index in [-0.39, 0.29) is 5.91 Å². The highest BCUT2D eigenvalue weighted by Gasteiger charge is 2.13. The Morgan fingerprint density at radius 3 is 2.56 bits per heavy atom. The van der Waals surface area contributed by atoms with E-state index in [0.29, 0.717) is 17.1 Å². The van der Waals surface area contributed by atoms with Crippen molar-refractivity contribution in [2.24, 2.45) is 0 Å². The summed E-state index contributed by atoms with van der Waals surface area (Å²) in [6, 6.07) is 13.7. The minimum atomic E-state index is -0.104. The van der Waals surface area contributed by atoms with E-state index >= 15 is 0 Å². The molecule has 5 heteroatoms. The second kappa shape index (κ2) is 7.97. The fourth-order valence-electron chi connectivity index (χ4n) is 3.20. The number of halogens is 1. The number of aromatic nitrogens is 2. The van der Waals surface area contributed by atoms with Crippen molar-refractivity contribution < 1.29 is 4.79 Å². The monoisotopic (exact) mass is 381 g/mol. The van der Waals surface area contributed by atoms with Crippen LogP contribution in [0.25, 0.3) is 0 Å². The quantitative estimate of drug-likeness (QED) is 0.649. The number of nitrogens with one attached hydrogen (secondary N) is 1. The van der Waals surface area contributed by atoms with Crippen LogP contribution < -0.4 is 5.32 Å². The Balaban J connectivity index is 1.83. The third kappa shape index (κ3) is 4.06. The fourth-order valence-corrected chi connectivity index (χ4v) is 3.34. The first-order valence-corrected chi connectivity index (χ1v) is 9.46. The average molecular weight is 382 g/mol. The van der Waals surface area contributed by atoms with Crippen LogP contribution in [0.5, 0.6) is 0 Å². The van der Waals surface area contributed by atoms with Gasteiger partial charge in [-0.05, 0) is 56.0 Å². The zero-order valence-electron chi connectivity index (χ0n) is 16.1. The Morgan fingerprint density at radius 1 is 1.15 bits per heavy atom. The lowest BCUT2D eigenvalue weighted by atomic mass is 10.0. The summed E-state index contributed by atoms with van der Waals surface area (Å²) in [4.78, 5) is 12.8. The van der Waals surface area contributed by atoms with E-state index < -0.39 is 0 Å². The topological polar surface area (TPSA) is 46.9 Å². The van der Waals surface area contributed by atoms with Gasteiger partial charge in [0.2, 0.25) is 0 Å². The first kappa shape index (κ1) is 19.2. The number of carbonyl (C=O) groups is 1. The summed E-state index contributed by atoms with van der Waals surface area (Å²) in [6.07, 6.45) is 0.871. The molecule has 0 aliphatic carbocycles. The molecule has 0 aliphatic rings. The van der Waals surface area contributed by atoms with Crippen molar-refractivity contribution in [1.29, 1.82) is 0 Å². The van der Waals surface area contributed by atoms with Crippen LogP contribution in [0.4, 0.5) is 5.69 Å². The molecule has 27 heavy (non-hydrogen) atoms. The van der Waals surface area contributed by atoms with E-state index in [4.69, 9.17) is 11.6 Å². The highest BCUT2D eigenvalue weighted by atomic mass is 35.5. The van der Waals surface area contributed by atoms with Gasteiger partial charge >= 0.3 is 0 Å². The average Bonchev–Trinajstić information content (AvgIpc) is 2.90. The summed E-state index contributed by atoms with van der Waals surface area (Å²) in [6.45, 7) is 8.51. The molecule has 1 amide bonds. The van der Waals surface area contributed by atoms with Crippen LogP contribution in [0, 0.1) is 20.8 Å². The molecule has 0 bridgehead atoms. The van der Waals surface area contributed by atoms with Gasteiger partial charge in [-0.15, -0.1) is 0 Å². The zero-order valence-corrected chi connectivity index (χ0v) is 16.9. The first-order valence-electron chi connectivity index (χ1n) is 9.09. The third-order valence-corrected chi connectivity index (χ3v) is 5.34. The number of benzene rings is 2. The highest BCUT2D eigenvalue weighted by molar-refractivity contribution is 6.31. The Morgan fingerprint density at radius 2 is 1.89 bits per heavy atom. The second-order valence-corrected chi connectivity index (χ2v) is 7.14. The lowest BCUT2D eigenvalue weighted by Gasteiger charge is -2.13. The van der Waals surface area contributed by atoms with Crippen molar-refractivity contribution in [3.63, 3.8) is 0 Å². The number of hydrogen-bond donors (Lipinski definition) is 1. The zero-order chi connectivity index (χ0) is 19.6. The summed E-state index contributed by atoms with van der Waals surface area (Å²) < 4.78 is 1.87. The van der Waals surface area contributed by atoms with Gasteiger partial charge in [0, 0.05) is 11.3 Å². The number of para-hydroxylation sites is 1. The molecule has 4 nitrogen and oxygen atoms in total. The minimum Gasteiger partial charge on any atom is -0.321 e. The molecule has 0 saturated carbocycles. The molecule has 1 N–H and O–H groups in total. The van der Waals surface area contributed by atoms with Gasteiger partial charge in [0.25, 0.3) is 5.91 Å². The van der Waals surface area contributed by atoms with Crippen LogP contribution in [0.2, 0.25) is 5.02 Å². The second-order valence-electron chi connectivity index (χ2n) is 6.76. The van der Waals surface area contributed by atoms with E-state index in [2.05, 4.69) is 17.3 Å². The molecule has 0 saturated heterocycles. The number of rotatable bonds is 5. The maximum Gasteiger partial charge on any atom is 0.255 e. The fraction of sp³-hybridized carbons (Fsp3) is 0.273. The van der Waals surface area contributed by atoms with Crippen LogP contribution in [0.1, 0.15) is 45.4 Å². The van der Waals surface area contributed by atoms with E-state index in [0.717, 1.165) is 40.2 Å². The molecule has 0 spiro atoms. The smallest absolute Gasteiger partial charge is 0.255 e. The molecule has 0 radical (unpaired) electrons. The van der Waals surface area contributed by atoms with Gasteiger partial charge in [-0.25, -0.2) is 0 Å². The summed E-state index contributed by atoms with van der Waals surface area (Å²) in [7, 11) is 0. The van der Waals surface area contributed by atoms with E-state index in [9.17, 15) is 4.79 Å². The molecule has 0 atom stereocenters. The Bertz CT molecular complexity index is 991. The number of carbonyl (C=O) groups excluding carboxylic acids is 1. The maximum atomic E-state index is 12.8. The number of aryl methyl sites for hydroxylation is 3. The number of hydrogen-bond acceptors (Lipinski definition) is 2. The SMILES string of the molecule is CCc1cccc(C)c1NC(=O)c1cccc(Cn2nc(C)c(Cl)c2C)c1. The van der Waals surface area contributed by atoms with E-state index in [1.165, 1.54) is 0 Å². The molecular weight excluding hydrogens is 358 g/mol. The number of amides is 1. The van der Waals surface area contributed by atoms with Gasteiger partial charge in [-0.1, -0.05) is 48.9 Å². The summed E-state index contributed by atoms with van der Waals surface area (Å²) >= 11 is 6.23. The van der Waals surface area contributed by atoms with Crippen LogP contribution in [0.15, 0.2) is 42.5 Å². The summed E-state index contributed by atoms with van der Waals surface area (Å²) in [5, 5.41) is 8.24. The standard InChI is InChI=1S/C22H24ClN3O/c1-5-18-10-6-8-14(2)21(18)24-22(27)19-11-7-9-17(12-19)13-26-16(4)20(23)15(3)25-26/h6-12H,5,13H2,1-4H3,(H,24,27). The number of anilines is 1. The largest absolute Gasteiger partial charge is 0.321 e. The van der Waals surface area contributed by atoms with Crippen molar-refractivity contribution in [1.82, 2.24) is 9.78 Å². The van der Waals surface area contributed by atoms with Gasteiger partial charge in [0.05, 0.1) is 23.0 Å². The Kier molecular flexibility index (Phi) is 5.66. The first-order chi connectivity index (χ1) is 12.9.